The van der Waals surface area contributed by atoms with Crippen molar-refractivity contribution in [2.75, 3.05) is 13.3 Å². The second-order valence-corrected chi connectivity index (χ2v) is 8.85. The lowest BCUT2D eigenvalue weighted by molar-refractivity contribution is 0.230. The maximum atomic E-state index is 11.9. The average Bonchev–Trinajstić information content (AvgIpc) is 3.19. The van der Waals surface area contributed by atoms with Crippen LogP contribution in [0.3, 0.4) is 0 Å². The minimum Gasteiger partial charge on any atom is -0.334 e. The molecule has 0 spiro atoms. The van der Waals surface area contributed by atoms with Crippen LogP contribution in [0.2, 0.25) is 0 Å². The molecule has 22 heavy (non-hydrogen) atoms. The molecular weight excluding hydrogens is 322 g/mol. The van der Waals surface area contributed by atoms with Crippen LogP contribution in [0.15, 0.2) is 21.3 Å². The minimum absolute atomic E-state index is 0.0260. The van der Waals surface area contributed by atoms with Crippen molar-refractivity contribution in [2.45, 2.75) is 37.1 Å². The molecule has 120 valence electrons. The van der Waals surface area contributed by atoms with Crippen molar-refractivity contribution in [3.05, 3.63) is 22.7 Å². The van der Waals surface area contributed by atoms with Gasteiger partial charge in [-0.1, -0.05) is 11.6 Å². The van der Waals surface area contributed by atoms with Crippen LogP contribution < -0.4 is 0 Å². The Bertz CT molecular complexity index is 724. The molecule has 1 aliphatic carbocycles. The van der Waals surface area contributed by atoms with Crippen molar-refractivity contribution in [1.82, 2.24) is 15.0 Å². The van der Waals surface area contributed by atoms with Gasteiger partial charge in [0.05, 0.1) is 17.4 Å². The Kier molecular flexibility index (Phi) is 4.33. The number of rotatable bonds is 5. The second-order valence-electron chi connectivity index (χ2n) is 5.81. The Hall–Kier alpha value is -1.25. The normalized spacial score (nSPS) is 22.5. The van der Waals surface area contributed by atoms with E-state index in [1.165, 1.54) is 6.26 Å². The summed E-state index contributed by atoms with van der Waals surface area (Å²) < 4.78 is 29.0. The summed E-state index contributed by atoms with van der Waals surface area (Å²) in [6.07, 6.45) is 3.90. The minimum atomic E-state index is -3.02. The molecule has 0 saturated heterocycles. The van der Waals surface area contributed by atoms with Crippen molar-refractivity contribution < 1.29 is 12.9 Å². The molecule has 2 atom stereocenters. The van der Waals surface area contributed by atoms with Crippen LogP contribution in [0.5, 0.6) is 0 Å². The van der Waals surface area contributed by atoms with Gasteiger partial charge in [0, 0.05) is 17.7 Å². The highest BCUT2D eigenvalue weighted by Crippen LogP contribution is 2.29. The topological polar surface area (TPSA) is 76.3 Å². The summed E-state index contributed by atoms with van der Waals surface area (Å²) in [5.41, 5.74) is 0.918. The van der Waals surface area contributed by atoms with Crippen LogP contribution >= 0.6 is 11.3 Å². The summed E-state index contributed by atoms with van der Waals surface area (Å²) in [6.45, 7) is 0.490. The highest BCUT2D eigenvalue weighted by Gasteiger charge is 2.37. The fraction of sp³-hybridized carbons (Fsp3) is 0.571. The molecular formula is C14H19N3O3S2. The molecule has 8 heteroatoms. The monoisotopic (exact) mass is 341 g/mol. The van der Waals surface area contributed by atoms with Crippen molar-refractivity contribution in [1.29, 1.82) is 0 Å². The van der Waals surface area contributed by atoms with E-state index in [2.05, 4.69) is 10.1 Å². The maximum Gasteiger partial charge on any atom is 0.258 e. The maximum absolute atomic E-state index is 11.9. The summed E-state index contributed by atoms with van der Waals surface area (Å²) in [6, 6.07) is 1.96. The van der Waals surface area contributed by atoms with Crippen LogP contribution in [-0.2, 0) is 16.4 Å². The Morgan fingerprint density at radius 3 is 2.95 bits per heavy atom. The Balaban J connectivity index is 1.70. The Morgan fingerprint density at radius 2 is 2.27 bits per heavy atom. The zero-order valence-corrected chi connectivity index (χ0v) is 14.2. The van der Waals surface area contributed by atoms with E-state index in [4.69, 9.17) is 4.52 Å². The van der Waals surface area contributed by atoms with Gasteiger partial charge in [0.15, 0.2) is 15.7 Å². The van der Waals surface area contributed by atoms with Crippen molar-refractivity contribution in [3.8, 4) is 11.5 Å². The molecule has 6 nitrogen and oxygen atoms in total. The third-order valence-electron chi connectivity index (χ3n) is 4.16. The molecule has 0 radical (unpaired) electrons. The highest BCUT2D eigenvalue weighted by atomic mass is 32.2. The quantitative estimate of drug-likeness (QED) is 0.830. The van der Waals surface area contributed by atoms with Gasteiger partial charge in [0.2, 0.25) is 0 Å². The number of thiophene rings is 1. The second kappa shape index (κ2) is 6.10. The van der Waals surface area contributed by atoms with Crippen molar-refractivity contribution >= 4 is 21.2 Å². The number of hydrogen-bond acceptors (Lipinski definition) is 7. The van der Waals surface area contributed by atoms with E-state index < -0.39 is 9.84 Å². The van der Waals surface area contributed by atoms with Gasteiger partial charge < -0.3 is 4.52 Å². The zero-order valence-electron chi connectivity index (χ0n) is 12.6. The molecule has 1 saturated carbocycles. The zero-order chi connectivity index (χ0) is 15.7. The summed E-state index contributed by atoms with van der Waals surface area (Å²) >= 11 is 1.58. The van der Waals surface area contributed by atoms with Gasteiger partial charge in [-0.25, -0.2) is 8.42 Å². The molecule has 1 aliphatic rings. The first-order valence-electron chi connectivity index (χ1n) is 7.19. The molecule has 0 bridgehead atoms. The van der Waals surface area contributed by atoms with Crippen LogP contribution in [0.4, 0.5) is 0 Å². The molecule has 2 heterocycles. The smallest absolute Gasteiger partial charge is 0.258 e. The molecule has 0 aliphatic heterocycles. The van der Waals surface area contributed by atoms with Crippen LogP contribution in [0.25, 0.3) is 11.5 Å². The van der Waals surface area contributed by atoms with Gasteiger partial charge in [-0.3, -0.25) is 4.90 Å². The van der Waals surface area contributed by atoms with Gasteiger partial charge in [0.25, 0.3) is 5.89 Å². The highest BCUT2D eigenvalue weighted by molar-refractivity contribution is 7.91. The first kappa shape index (κ1) is 15.6. The first-order chi connectivity index (χ1) is 10.4. The van der Waals surface area contributed by atoms with Gasteiger partial charge >= 0.3 is 0 Å². The van der Waals surface area contributed by atoms with Crippen LogP contribution in [0, 0.1) is 0 Å². The lowest BCUT2D eigenvalue weighted by Gasteiger charge is -2.27. The van der Waals surface area contributed by atoms with E-state index in [0.29, 0.717) is 18.3 Å². The molecule has 2 unspecified atom stereocenters. The first-order valence-corrected chi connectivity index (χ1v) is 10.1. The van der Waals surface area contributed by atoms with Gasteiger partial charge in [-0.15, -0.1) is 0 Å². The molecule has 3 rings (SSSR count). The van der Waals surface area contributed by atoms with Crippen molar-refractivity contribution in [2.24, 2.45) is 0 Å². The Labute approximate surface area is 134 Å². The van der Waals surface area contributed by atoms with Gasteiger partial charge in [-0.05, 0) is 31.3 Å². The van der Waals surface area contributed by atoms with Crippen molar-refractivity contribution in [3.63, 3.8) is 0 Å². The van der Waals surface area contributed by atoms with Gasteiger partial charge in [0.1, 0.15) is 0 Å². The summed E-state index contributed by atoms with van der Waals surface area (Å²) in [4.78, 5) is 6.42. The van der Waals surface area contributed by atoms with E-state index in [0.717, 1.165) is 24.8 Å². The number of nitrogens with zero attached hydrogens (tertiary/aromatic N) is 3. The fourth-order valence-corrected chi connectivity index (χ4v) is 5.21. The number of hydrogen-bond donors (Lipinski definition) is 0. The molecule has 0 amide bonds. The molecule has 0 N–H and O–H groups in total. The Morgan fingerprint density at radius 1 is 1.45 bits per heavy atom. The summed E-state index contributed by atoms with van der Waals surface area (Å²) in [7, 11) is -1.10. The lowest BCUT2D eigenvalue weighted by Crippen LogP contribution is -2.41. The molecule has 0 aromatic carbocycles. The standard InChI is InChI=1S/C14H19N3O3S2/c1-17(11-4-3-5-12(11)22(2,18)19)8-13-15-14(20-16-13)10-6-7-21-9-10/h6-7,9,11-12H,3-5,8H2,1-2H3. The van der Waals surface area contributed by atoms with Crippen LogP contribution in [-0.4, -0.2) is 48.1 Å². The average molecular weight is 341 g/mol. The third-order valence-corrected chi connectivity index (χ3v) is 6.49. The summed E-state index contributed by atoms with van der Waals surface area (Å²) in [5, 5.41) is 7.62. The van der Waals surface area contributed by atoms with Crippen LogP contribution in [0.1, 0.15) is 25.1 Å². The van der Waals surface area contributed by atoms with E-state index >= 15 is 0 Å². The molecule has 1 fully saturated rings. The SMILES string of the molecule is CN(Cc1noc(-c2ccsc2)n1)C1CCCC1S(C)(=O)=O. The van der Waals surface area contributed by atoms with E-state index in [1.807, 2.05) is 28.8 Å². The lowest BCUT2D eigenvalue weighted by atomic mass is 10.2. The number of sulfone groups is 1. The molecule has 2 aromatic rings. The predicted octanol–water partition coefficient (Wildman–Crippen LogP) is 2.20. The third kappa shape index (κ3) is 3.23. The predicted molar refractivity (Wildman–Crippen MR) is 85.3 cm³/mol. The van der Waals surface area contributed by atoms with E-state index in [1.54, 1.807) is 11.3 Å². The molecule has 2 aromatic heterocycles. The fourth-order valence-electron chi connectivity index (χ4n) is 3.07. The van der Waals surface area contributed by atoms with Gasteiger partial charge in [-0.2, -0.15) is 16.3 Å². The van der Waals surface area contributed by atoms with E-state index in [9.17, 15) is 8.42 Å². The number of aromatic nitrogens is 2. The van der Waals surface area contributed by atoms with E-state index in [-0.39, 0.29) is 11.3 Å². The largest absolute Gasteiger partial charge is 0.334 e. The summed E-state index contributed by atoms with van der Waals surface area (Å²) in [5.74, 6) is 1.10.